The van der Waals surface area contributed by atoms with E-state index in [4.69, 9.17) is 17.3 Å². The van der Waals surface area contributed by atoms with Gasteiger partial charge in [0.05, 0.1) is 12.1 Å². The van der Waals surface area contributed by atoms with Crippen molar-refractivity contribution in [3.63, 3.8) is 0 Å². The molecule has 1 aliphatic heterocycles. The van der Waals surface area contributed by atoms with Crippen LogP contribution in [0.2, 0.25) is 5.02 Å². The van der Waals surface area contributed by atoms with Crippen LogP contribution in [0.15, 0.2) is 48.5 Å². The number of carbonyl (C=O) groups is 2. The third kappa shape index (κ3) is 7.72. The zero-order valence-electron chi connectivity index (χ0n) is 20.6. The Morgan fingerprint density at radius 3 is 2.36 bits per heavy atom. The summed E-state index contributed by atoms with van der Waals surface area (Å²) in [6, 6.07) is 12.0. The fourth-order valence-electron chi connectivity index (χ4n) is 4.73. The number of carbonyl (C=O) groups excluding carboxylic acids is 2. The number of benzene rings is 2. The molecule has 0 aliphatic carbocycles. The van der Waals surface area contributed by atoms with Crippen molar-refractivity contribution in [3.05, 3.63) is 70.5 Å². The molecular formula is C27H35ClF2N4O2. The third-order valence-corrected chi connectivity index (χ3v) is 6.84. The Kier molecular flexibility index (Phi) is 10.6. The van der Waals surface area contributed by atoms with Crippen LogP contribution in [0.3, 0.4) is 0 Å². The first-order chi connectivity index (χ1) is 17.3. The Balaban J connectivity index is 1.72. The lowest BCUT2D eigenvalue weighted by Crippen LogP contribution is -2.62. The molecule has 0 spiro atoms. The van der Waals surface area contributed by atoms with Crippen LogP contribution in [0.4, 0.5) is 8.78 Å². The van der Waals surface area contributed by atoms with E-state index in [2.05, 4.69) is 17.1 Å². The normalized spacial score (nSPS) is 18.0. The summed E-state index contributed by atoms with van der Waals surface area (Å²) in [5, 5.41) is 3.30. The molecule has 1 fully saturated rings. The number of nitrogens with one attached hydrogen (secondary N) is 1. The molecule has 6 nitrogen and oxygen atoms in total. The Bertz CT molecular complexity index is 990. The van der Waals surface area contributed by atoms with Gasteiger partial charge in [-0.25, -0.2) is 8.78 Å². The standard InChI is InChI=1S/C27H35ClF2N4O2/c1-2-3-23-18-33(25(26(35)32-13-12-29)17-20-4-8-21(28)9-5-20)14-15-34(23)27(36)24(31)16-19-6-10-22(30)11-7-19/h4-11,23-25H,2-3,12-18,31H2,1H3,(H,32,35). The molecule has 0 saturated carbocycles. The first-order valence-electron chi connectivity index (χ1n) is 12.4. The lowest BCUT2D eigenvalue weighted by molar-refractivity contribution is -0.139. The molecule has 9 heteroatoms. The Labute approximate surface area is 216 Å². The van der Waals surface area contributed by atoms with Gasteiger partial charge < -0.3 is 16.0 Å². The number of amides is 2. The minimum Gasteiger partial charge on any atom is -0.352 e. The van der Waals surface area contributed by atoms with Gasteiger partial charge in [0.1, 0.15) is 12.5 Å². The quantitative estimate of drug-likeness (QED) is 0.476. The fourth-order valence-corrected chi connectivity index (χ4v) is 4.85. The van der Waals surface area contributed by atoms with E-state index in [-0.39, 0.29) is 30.2 Å². The van der Waals surface area contributed by atoms with Crippen LogP contribution in [0.1, 0.15) is 30.9 Å². The summed E-state index contributed by atoms with van der Waals surface area (Å²) < 4.78 is 26.0. The summed E-state index contributed by atoms with van der Waals surface area (Å²) in [6.07, 6.45) is 2.41. The molecule has 2 aromatic carbocycles. The predicted molar refractivity (Wildman–Crippen MR) is 138 cm³/mol. The number of alkyl halides is 1. The fraction of sp³-hybridized carbons (Fsp3) is 0.481. The maximum absolute atomic E-state index is 13.3. The molecule has 3 rings (SSSR count). The maximum Gasteiger partial charge on any atom is 0.240 e. The highest BCUT2D eigenvalue weighted by molar-refractivity contribution is 6.30. The summed E-state index contributed by atoms with van der Waals surface area (Å²) in [7, 11) is 0. The van der Waals surface area contributed by atoms with Crippen LogP contribution < -0.4 is 11.1 Å². The van der Waals surface area contributed by atoms with Gasteiger partial charge in [-0.15, -0.1) is 0 Å². The molecule has 2 amide bonds. The molecule has 3 unspecified atom stereocenters. The summed E-state index contributed by atoms with van der Waals surface area (Å²) in [6.45, 7) is 2.84. The summed E-state index contributed by atoms with van der Waals surface area (Å²) >= 11 is 6.02. The maximum atomic E-state index is 13.3. The highest BCUT2D eigenvalue weighted by Gasteiger charge is 2.36. The molecule has 1 aliphatic rings. The minimum atomic E-state index is -0.737. The lowest BCUT2D eigenvalue weighted by Gasteiger charge is -2.45. The third-order valence-electron chi connectivity index (χ3n) is 6.58. The zero-order chi connectivity index (χ0) is 26.1. The number of halogens is 3. The number of rotatable bonds is 11. The average molecular weight is 521 g/mol. The highest BCUT2D eigenvalue weighted by atomic mass is 35.5. The van der Waals surface area contributed by atoms with Gasteiger partial charge in [0.2, 0.25) is 11.8 Å². The average Bonchev–Trinajstić information content (AvgIpc) is 2.88. The smallest absolute Gasteiger partial charge is 0.240 e. The molecule has 0 aromatic heterocycles. The molecular weight excluding hydrogens is 486 g/mol. The van der Waals surface area contributed by atoms with Gasteiger partial charge in [0, 0.05) is 37.2 Å². The van der Waals surface area contributed by atoms with E-state index >= 15 is 0 Å². The van der Waals surface area contributed by atoms with Gasteiger partial charge in [-0.1, -0.05) is 49.2 Å². The van der Waals surface area contributed by atoms with Crippen LogP contribution in [0.25, 0.3) is 0 Å². The Morgan fingerprint density at radius 1 is 1.08 bits per heavy atom. The minimum absolute atomic E-state index is 0.0367. The van der Waals surface area contributed by atoms with E-state index in [0.29, 0.717) is 37.5 Å². The van der Waals surface area contributed by atoms with E-state index < -0.39 is 18.8 Å². The van der Waals surface area contributed by atoms with Crippen molar-refractivity contribution in [3.8, 4) is 0 Å². The van der Waals surface area contributed by atoms with Crippen LogP contribution in [-0.2, 0) is 22.4 Å². The molecule has 196 valence electrons. The summed E-state index contributed by atoms with van der Waals surface area (Å²) in [4.78, 5) is 30.2. The van der Waals surface area contributed by atoms with Crippen molar-refractivity contribution >= 4 is 23.4 Å². The van der Waals surface area contributed by atoms with Crippen LogP contribution in [0, 0.1) is 5.82 Å². The van der Waals surface area contributed by atoms with Crippen molar-refractivity contribution < 1.29 is 18.4 Å². The number of nitrogens with two attached hydrogens (primary N) is 1. The second-order valence-corrected chi connectivity index (χ2v) is 9.67. The number of nitrogens with zero attached hydrogens (tertiary/aromatic N) is 2. The second kappa shape index (κ2) is 13.7. The van der Waals surface area contributed by atoms with E-state index in [9.17, 15) is 18.4 Å². The van der Waals surface area contributed by atoms with Gasteiger partial charge in [0.25, 0.3) is 0 Å². The first-order valence-corrected chi connectivity index (χ1v) is 12.8. The Morgan fingerprint density at radius 2 is 1.72 bits per heavy atom. The van der Waals surface area contributed by atoms with Crippen LogP contribution in [0.5, 0.6) is 0 Å². The first kappa shape index (κ1) is 28.0. The molecule has 3 atom stereocenters. The molecule has 36 heavy (non-hydrogen) atoms. The number of hydrogen-bond acceptors (Lipinski definition) is 4. The second-order valence-electron chi connectivity index (χ2n) is 9.23. The molecule has 2 aromatic rings. The summed E-state index contributed by atoms with van der Waals surface area (Å²) in [5.41, 5.74) is 8.03. The SMILES string of the molecule is CCCC1CN(C(Cc2ccc(Cl)cc2)C(=O)NCCF)CCN1C(=O)C(N)Cc1ccc(F)cc1. The van der Waals surface area contributed by atoms with E-state index in [1.807, 2.05) is 17.0 Å². The largest absolute Gasteiger partial charge is 0.352 e. The van der Waals surface area contributed by atoms with E-state index in [0.717, 1.165) is 24.0 Å². The summed E-state index contributed by atoms with van der Waals surface area (Å²) in [5.74, 6) is -0.708. The topological polar surface area (TPSA) is 78.7 Å². The van der Waals surface area contributed by atoms with E-state index in [1.54, 1.807) is 24.3 Å². The Hall–Kier alpha value is -2.55. The monoisotopic (exact) mass is 520 g/mol. The van der Waals surface area contributed by atoms with Crippen LogP contribution >= 0.6 is 11.6 Å². The van der Waals surface area contributed by atoms with Crippen LogP contribution in [-0.4, -0.2) is 72.6 Å². The molecule has 3 N–H and O–H groups in total. The van der Waals surface area contributed by atoms with Crippen molar-refractivity contribution in [2.45, 2.75) is 50.7 Å². The predicted octanol–water partition coefficient (Wildman–Crippen LogP) is 3.36. The molecule has 1 heterocycles. The molecule has 0 bridgehead atoms. The van der Waals surface area contributed by atoms with Gasteiger partial charge >= 0.3 is 0 Å². The molecule has 0 radical (unpaired) electrons. The zero-order valence-corrected chi connectivity index (χ0v) is 21.4. The van der Waals surface area contributed by atoms with Gasteiger partial charge in [-0.2, -0.15) is 0 Å². The van der Waals surface area contributed by atoms with Crippen molar-refractivity contribution in [1.29, 1.82) is 0 Å². The number of hydrogen-bond donors (Lipinski definition) is 2. The van der Waals surface area contributed by atoms with Gasteiger partial charge in [0.15, 0.2) is 0 Å². The van der Waals surface area contributed by atoms with Gasteiger partial charge in [-0.05, 0) is 54.7 Å². The van der Waals surface area contributed by atoms with Crippen molar-refractivity contribution in [2.75, 3.05) is 32.9 Å². The molecule has 1 saturated heterocycles. The van der Waals surface area contributed by atoms with Crippen molar-refractivity contribution in [1.82, 2.24) is 15.1 Å². The lowest BCUT2D eigenvalue weighted by atomic mass is 9.98. The van der Waals surface area contributed by atoms with Crippen molar-refractivity contribution in [2.24, 2.45) is 5.73 Å². The number of piperazine rings is 1. The van der Waals surface area contributed by atoms with Gasteiger partial charge in [-0.3, -0.25) is 14.5 Å². The van der Waals surface area contributed by atoms with E-state index in [1.165, 1.54) is 12.1 Å². The highest BCUT2D eigenvalue weighted by Crippen LogP contribution is 2.21.